The summed E-state index contributed by atoms with van der Waals surface area (Å²) in [6, 6.07) is 11.4. The molecule has 10 heteroatoms. The zero-order valence-corrected chi connectivity index (χ0v) is 22.2. The molecule has 1 heterocycles. The number of methoxy groups -OCH3 is 3. The highest BCUT2D eigenvalue weighted by Crippen LogP contribution is 2.35. The SMILES string of the molecule is COc1ccc(CN(C(=O)O)[C@@H]2C(=O)N(Cc3ccc(OC)cc3OC)[C@@H]2CC=C(Br)Br)cc1. The van der Waals surface area contributed by atoms with E-state index in [9.17, 15) is 14.7 Å². The van der Waals surface area contributed by atoms with Gasteiger partial charge in [0.15, 0.2) is 0 Å². The number of benzene rings is 2. The number of likely N-dealkylation sites (tertiary alicyclic amines) is 1. The minimum atomic E-state index is -1.15. The lowest BCUT2D eigenvalue weighted by molar-refractivity contribution is -0.159. The number of carbonyl (C=O) groups excluding carboxylic acids is 1. The van der Waals surface area contributed by atoms with Crippen LogP contribution in [0.2, 0.25) is 0 Å². The number of ether oxygens (including phenoxy) is 3. The molecule has 1 fully saturated rings. The maximum absolute atomic E-state index is 13.3. The van der Waals surface area contributed by atoms with Crippen LogP contribution in [0.3, 0.4) is 0 Å². The highest BCUT2D eigenvalue weighted by Gasteiger charge is 2.51. The van der Waals surface area contributed by atoms with E-state index in [0.29, 0.717) is 23.7 Å². The van der Waals surface area contributed by atoms with Crippen LogP contribution in [0.15, 0.2) is 51.9 Å². The van der Waals surface area contributed by atoms with Gasteiger partial charge in [-0.05, 0) is 68.1 Å². The molecule has 3 rings (SSSR count). The van der Waals surface area contributed by atoms with Gasteiger partial charge in [0.1, 0.15) is 23.3 Å². The van der Waals surface area contributed by atoms with Crippen molar-refractivity contribution in [2.45, 2.75) is 31.6 Å². The number of carboxylic acid groups (broad SMARTS) is 1. The fraction of sp³-hybridized carbons (Fsp3) is 0.333. The molecule has 182 valence electrons. The molecule has 1 aliphatic heterocycles. The van der Waals surface area contributed by atoms with Crippen molar-refractivity contribution in [2.24, 2.45) is 0 Å². The van der Waals surface area contributed by atoms with Gasteiger partial charge in [0, 0.05) is 24.7 Å². The van der Waals surface area contributed by atoms with Crippen molar-refractivity contribution < 1.29 is 28.9 Å². The minimum absolute atomic E-state index is 0.0884. The second-order valence-electron chi connectivity index (χ2n) is 7.64. The molecule has 0 aromatic heterocycles. The van der Waals surface area contributed by atoms with E-state index in [-0.39, 0.29) is 25.0 Å². The lowest BCUT2D eigenvalue weighted by Gasteiger charge is -2.50. The van der Waals surface area contributed by atoms with Crippen molar-refractivity contribution in [2.75, 3.05) is 21.3 Å². The Hall–Kier alpha value is -2.72. The predicted octanol–water partition coefficient (Wildman–Crippen LogP) is 4.99. The van der Waals surface area contributed by atoms with Gasteiger partial charge in [-0.15, -0.1) is 0 Å². The van der Waals surface area contributed by atoms with Gasteiger partial charge in [-0.25, -0.2) is 4.79 Å². The van der Waals surface area contributed by atoms with Crippen LogP contribution in [-0.2, 0) is 17.9 Å². The molecule has 8 nitrogen and oxygen atoms in total. The Morgan fingerprint density at radius 1 is 1.06 bits per heavy atom. The second kappa shape index (κ2) is 11.6. The number of carbonyl (C=O) groups is 2. The maximum atomic E-state index is 13.3. The third-order valence-electron chi connectivity index (χ3n) is 5.74. The quantitative estimate of drug-likeness (QED) is 0.388. The van der Waals surface area contributed by atoms with Crippen molar-refractivity contribution in [3.8, 4) is 17.2 Å². The van der Waals surface area contributed by atoms with Crippen LogP contribution in [0.5, 0.6) is 17.2 Å². The zero-order chi connectivity index (χ0) is 24.8. The van der Waals surface area contributed by atoms with E-state index >= 15 is 0 Å². The summed E-state index contributed by atoms with van der Waals surface area (Å²) in [5.41, 5.74) is 1.57. The molecule has 0 bridgehead atoms. The summed E-state index contributed by atoms with van der Waals surface area (Å²) in [4.78, 5) is 28.3. The Morgan fingerprint density at radius 2 is 1.71 bits per heavy atom. The first-order valence-corrected chi connectivity index (χ1v) is 12.0. The second-order valence-corrected chi connectivity index (χ2v) is 10.4. The summed E-state index contributed by atoms with van der Waals surface area (Å²) in [6.45, 7) is 0.377. The average molecular weight is 598 g/mol. The summed E-state index contributed by atoms with van der Waals surface area (Å²) < 4.78 is 16.6. The average Bonchev–Trinajstić information content (AvgIpc) is 2.84. The third kappa shape index (κ3) is 5.85. The smallest absolute Gasteiger partial charge is 0.408 e. The van der Waals surface area contributed by atoms with E-state index < -0.39 is 12.1 Å². The predicted molar refractivity (Wildman–Crippen MR) is 135 cm³/mol. The van der Waals surface area contributed by atoms with Crippen LogP contribution in [0.25, 0.3) is 0 Å². The molecule has 2 aromatic rings. The number of hydrogen-bond acceptors (Lipinski definition) is 5. The van der Waals surface area contributed by atoms with Gasteiger partial charge in [0.25, 0.3) is 0 Å². The van der Waals surface area contributed by atoms with Crippen molar-refractivity contribution in [1.82, 2.24) is 9.80 Å². The minimum Gasteiger partial charge on any atom is -0.497 e. The standard InChI is InChI=1S/C24H26Br2N2O6/c1-32-17-7-4-15(5-8-17)13-28(24(30)31)22-19(10-11-21(25)26)27(23(22)29)14-16-6-9-18(33-2)12-20(16)34-3/h4-9,11-12,19,22H,10,13-14H2,1-3H3,(H,30,31)/t19-,22+/m1/s1. The van der Waals surface area contributed by atoms with Crippen molar-refractivity contribution in [3.63, 3.8) is 0 Å². The molecule has 2 atom stereocenters. The van der Waals surface area contributed by atoms with Gasteiger partial charge in [-0.2, -0.15) is 0 Å². The van der Waals surface area contributed by atoms with Crippen LogP contribution in [-0.4, -0.2) is 60.3 Å². The van der Waals surface area contributed by atoms with Crippen LogP contribution in [0, 0.1) is 0 Å². The fourth-order valence-corrected chi connectivity index (χ4v) is 4.34. The first kappa shape index (κ1) is 25.9. The van der Waals surface area contributed by atoms with E-state index in [1.807, 2.05) is 12.1 Å². The van der Waals surface area contributed by atoms with E-state index in [1.54, 1.807) is 62.6 Å². The molecule has 1 saturated heterocycles. The van der Waals surface area contributed by atoms with Crippen molar-refractivity contribution >= 4 is 43.9 Å². The van der Waals surface area contributed by atoms with Crippen LogP contribution in [0.1, 0.15) is 17.5 Å². The van der Waals surface area contributed by atoms with Crippen molar-refractivity contribution in [3.05, 3.63) is 63.1 Å². The first-order valence-electron chi connectivity index (χ1n) is 10.4. The fourth-order valence-electron chi connectivity index (χ4n) is 3.97. The monoisotopic (exact) mass is 596 g/mol. The summed E-state index contributed by atoms with van der Waals surface area (Å²) in [5.74, 6) is 1.67. The summed E-state index contributed by atoms with van der Waals surface area (Å²) in [7, 11) is 4.70. The van der Waals surface area contributed by atoms with Gasteiger partial charge < -0.3 is 24.2 Å². The lowest BCUT2D eigenvalue weighted by Crippen LogP contribution is -2.70. The third-order valence-corrected chi connectivity index (χ3v) is 6.39. The van der Waals surface area contributed by atoms with E-state index in [0.717, 1.165) is 14.5 Å². The molecule has 1 N–H and O–H groups in total. The number of rotatable bonds is 10. The molecule has 2 amide bonds. The van der Waals surface area contributed by atoms with E-state index in [2.05, 4.69) is 31.9 Å². The summed E-state index contributed by atoms with van der Waals surface area (Å²) in [5, 5.41) is 9.96. The van der Waals surface area contributed by atoms with Gasteiger partial charge in [0.2, 0.25) is 5.91 Å². The van der Waals surface area contributed by atoms with Crippen LogP contribution >= 0.6 is 31.9 Å². The topological polar surface area (TPSA) is 88.5 Å². The Labute approximate surface area is 215 Å². The Morgan fingerprint density at radius 3 is 2.26 bits per heavy atom. The molecule has 0 aliphatic carbocycles. The highest BCUT2D eigenvalue weighted by atomic mass is 79.9. The number of halogens is 2. The number of β-lactam (4-membered cyclic amide) rings is 1. The Bertz CT molecular complexity index is 1060. The maximum Gasteiger partial charge on any atom is 0.408 e. The molecular weight excluding hydrogens is 572 g/mol. The van der Waals surface area contributed by atoms with Gasteiger partial charge in [-0.3, -0.25) is 9.69 Å². The van der Waals surface area contributed by atoms with Crippen LogP contribution < -0.4 is 14.2 Å². The highest BCUT2D eigenvalue weighted by molar-refractivity contribution is 9.28. The first-order chi connectivity index (χ1) is 16.3. The zero-order valence-electron chi connectivity index (χ0n) is 19.0. The number of amides is 2. The molecule has 1 aliphatic rings. The molecule has 34 heavy (non-hydrogen) atoms. The van der Waals surface area contributed by atoms with Gasteiger partial charge >= 0.3 is 6.09 Å². The van der Waals surface area contributed by atoms with Gasteiger partial charge in [-0.1, -0.05) is 18.2 Å². The number of hydrogen-bond donors (Lipinski definition) is 1. The molecular formula is C24H26Br2N2O6. The molecule has 2 aromatic carbocycles. The largest absolute Gasteiger partial charge is 0.497 e. The Kier molecular flexibility index (Phi) is 8.84. The lowest BCUT2D eigenvalue weighted by atomic mass is 9.89. The normalized spacial score (nSPS) is 17.0. The molecule has 0 spiro atoms. The number of nitrogens with zero attached hydrogens (tertiary/aromatic N) is 2. The molecule has 0 unspecified atom stereocenters. The van der Waals surface area contributed by atoms with Gasteiger partial charge in [0.05, 0.1) is 30.8 Å². The summed E-state index contributed by atoms with van der Waals surface area (Å²) in [6.07, 6.45) is 1.19. The summed E-state index contributed by atoms with van der Waals surface area (Å²) >= 11 is 6.70. The van der Waals surface area contributed by atoms with E-state index in [4.69, 9.17) is 14.2 Å². The van der Waals surface area contributed by atoms with Crippen molar-refractivity contribution in [1.29, 1.82) is 0 Å². The Balaban J connectivity index is 1.86. The van der Waals surface area contributed by atoms with Crippen LogP contribution in [0.4, 0.5) is 4.79 Å². The molecule has 0 radical (unpaired) electrons. The molecule has 0 saturated carbocycles. The van der Waals surface area contributed by atoms with E-state index in [1.165, 1.54) is 4.90 Å².